The Morgan fingerprint density at radius 2 is 1.76 bits per heavy atom. The van der Waals surface area contributed by atoms with Crippen molar-refractivity contribution in [1.82, 2.24) is 10.4 Å². The number of amides is 1. The first-order valence-corrected chi connectivity index (χ1v) is 13.3. The number of carbonyl (C=O) groups is 2. The molecule has 0 radical (unpaired) electrons. The summed E-state index contributed by atoms with van der Waals surface area (Å²) < 4.78 is 6.34. The van der Waals surface area contributed by atoms with Gasteiger partial charge in [0, 0.05) is 22.2 Å². The second-order valence-corrected chi connectivity index (χ2v) is 10.4. The number of ether oxygens (including phenoxy) is 1. The molecule has 3 N–H and O–H groups in total. The van der Waals surface area contributed by atoms with E-state index in [1.807, 2.05) is 48.7 Å². The second-order valence-electron chi connectivity index (χ2n) is 7.80. The fourth-order valence-electron chi connectivity index (χ4n) is 3.17. The van der Waals surface area contributed by atoms with Crippen molar-refractivity contribution in [2.45, 2.75) is 6.92 Å². The van der Waals surface area contributed by atoms with Gasteiger partial charge in [-0.1, -0.05) is 29.8 Å². The number of aliphatic carboxylic acids is 1. The topological polar surface area (TPSA) is 113 Å². The number of aryl methyl sites for hydroxylation is 1. The quantitative estimate of drug-likeness (QED) is 0.140. The number of thiazole rings is 1. The summed E-state index contributed by atoms with van der Waals surface area (Å²) in [5, 5.41) is 18.8. The summed E-state index contributed by atoms with van der Waals surface area (Å²) in [5.41, 5.74) is 7.50. The predicted octanol–water partition coefficient (Wildman–Crippen LogP) is 6.61. The molecule has 0 aliphatic carbocycles. The van der Waals surface area contributed by atoms with Gasteiger partial charge in [-0.05, 0) is 80.7 Å². The van der Waals surface area contributed by atoms with Crippen LogP contribution in [0.15, 0.2) is 80.1 Å². The first kappa shape index (κ1) is 26.5. The number of carboxylic acids is 1. The van der Waals surface area contributed by atoms with E-state index in [1.165, 1.54) is 23.1 Å². The number of rotatable bonds is 9. The van der Waals surface area contributed by atoms with Crippen molar-refractivity contribution in [2.75, 3.05) is 11.9 Å². The summed E-state index contributed by atoms with van der Waals surface area (Å²) in [6.45, 7) is 1.58. The molecule has 0 atom stereocenters. The minimum absolute atomic E-state index is 0.359. The van der Waals surface area contributed by atoms with Crippen LogP contribution < -0.4 is 15.5 Å². The molecule has 0 spiro atoms. The van der Waals surface area contributed by atoms with Gasteiger partial charge < -0.3 is 15.2 Å². The van der Waals surface area contributed by atoms with E-state index in [-0.39, 0.29) is 5.91 Å². The summed E-state index contributed by atoms with van der Waals surface area (Å²) >= 11 is 8.20. The number of hydrogen-bond donors (Lipinski definition) is 3. The summed E-state index contributed by atoms with van der Waals surface area (Å²) in [5.74, 6) is -1.07. The molecule has 0 saturated heterocycles. The van der Waals surface area contributed by atoms with Crippen LogP contribution in [0.3, 0.4) is 0 Å². The Morgan fingerprint density at radius 1 is 1.08 bits per heavy atom. The van der Waals surface area contributed by atoms with Gasteiger partial charge in [-0.25, -0.2) is 15.2 Å². The summed E-state index contributed by atoms with van der Waals surface area (Å²) in [6.07, 6.45) is 1.47. The van der Waals surface area contributed by atoms with Crippen LogP contribution in [0.2, 0.25) is 0 Å². The molecule has 1 amide bonds. The lowest BCUT2D eigenvalue weighted by Crippen LogP contribution is -2.17. The third kappa shape index (κ3) is 7.25. The van der Waals surface area contributed by atoms with Crippen molar-refractivity contribution in [2.24, 2.45) is 5.10 Å². The SMILES string of the molecule is Cc1ccc(Nc2nc(-c3ccc(C(=O)N/N=C\c4cc(Br)c(OCC(=O)O)c(Br)c4)cc3)cs2)cc1. The number of nitrogens with one attached hydrogen (secondary N) is 2. The van der Waals surface area contributed by atoms with Gasteiger partial charge in [0.1, 0.15) is 5.75 Å². The largest absolute Gasteiger partial charge is 0.480 e. The van der Waals surface area contributed by atoms with Crippen molar-refractivity contribution in [3.63, 3.8) is 0 Å². The highest BCUT2D eigenvalue weighted by molar-refractivity contribution is 9.11. The maximum absolute atomic E-state index is 12.5. The molecule has 0 aliphatic rings. The number of aromatic nitrogens is 1. The number of hydrazone groups is 1. The van der Waals surface area contributed by atoms with E-state index >= 15 is 0 Å². The molecule has 11 heteroatoms. The van der Waals surface area contributed by atoms with Crippen molar-refractivity contribution >= 4 is 72.1 Å². The Hall–Kier alpha value is -3.54. The molecule has 1 heterocycles. The van der Waals surface area contributed by atoms with Gasteiger partial charge in [0.2, 0.25) is 0 Å². The molecule has 0 saturated carbocycles. The number of benzene rings is 3. The Labute approximate surface area is 233 Å². The molecular formula is C26H20Br2N4O4S. The fourth-order valence-corrected chi connectivity index (χ4v) is 5.36. The van der Waals surface area contributed by atoms with Crippen molar-refractivity contribution in [3.8, 4) is 17.0 Å². The lowest BCUT2D eigenvalue weighted by atomic mass is 10.1. The Bertz CT molecular complexity index is 1430. The maximum Gasteiger partial charge on any atom is 0.341 e. The molecule has 37 heavy (non-hydrogen) atoms. The molecule has 3 aromatic carbocycles. The Morgan fingerprint density at radius 3 is 2.41 bits per heavy atom. The molecule has 0 unspecified atom stereocenters. The van der Waals surface area contributed by atoms with Gasteiger partial charge in [0.25, 0.3) is 5.91 Å². The highest BCUT2D eigenvalue weighted by atomic mass is 79.9. The van der Waals surface area contributed by atoms with Gasteiger partial charge in [0.05, 0.1) is 20.9 Å². The zero-order valence-corrected chi connectivity index (χ0v) is 23.4. The third-order valence-electron chi connectivity index (χ3n) is 4.99. The number of hydrogen-bond acceptors (Lipinski definition) is 7. The van der Waals surface area contributed by atoms with E-state index in [0.717, 1.165) is 22.1 Å². The third-order valence-corrected chi connectivity index (χ3v) is 6.93. The van der Waals surface area contributed by atoms with Crippen LogP contribution in [0.5, 0.6) is 5.75 Å². The van der Waals surface area contributed by atoms with E-state index in [2.05, 4.69) is 52.7 Å². The number of anilines is 2. The summed E-state index contributed by atoms with van der Waals surface area (Å²) in [4.78, 5) is 27.9. The van der Waals surface area contributed by atoms with Crippen molar-refractivity contribution in [3.05, 3.63) is 91.7 Å². The molecule has 1 aromatic heterocycles. The van der Waals surface area contributed by atoms with Crippen LogP contribution in [-0.2, 0) is 4.79 Å². The standard InChI is InChI=1S/C26H20Br2N4O4S/c1-15-2-8-19(9-3-15)30-26-31-22(14-37-26)17-4-6-18(7-5-17)25(35)32-29-12-16-10-20(27)24(21(28)11-16)36-13-23(33)34/h2-12,14H,13H2,1H3,(H,30,31)(H,32,35)(H,33,34)/b29-12-. The van der Waals surface area contributed by atoms with E-state index in [4.69, 9.17) is 9.84 Å². The minimum atomic E-state index is -1.08. The maximum atomic E-state index is 12.5. The smallest absolute Gasteiger partial charge is 0.341 e. The van der Waals surface area contributed by atoms with Gasteiger partial charge >= 0.3 is 5.97 Å². The highest BCUT2D eigenvalue weighted by Crippen LogP contribution is 2.34. The van der Waals surface area contributed by atoms with Gasteiger partial charge in [-0.2, -0.15) is 5.10 Å². The number of nitrogens with zero attached hydrogens (tertiary/aromatic N) is 2. The molecule has 0 fully saturated rings. The molecule has 8 nitrogen and oxygen atoms in total. The van der Waals surface area contributed by atoms with Gasteiger partial charge in [0.15, 0.2) is 11.7 Å². The highest BCUT2D eigenvalue weighted by Gasteiger charge is 2.11. The molecule has 188 valence electrons. The zero-order chi connectivity index (χ0) is 26.4. The van der Waals surface area contributed by atoms with Crippen LogP contribution in [0.4, 0.5) is 10.8 Å². The molecule has 0 aliphatic heterocycles. The second kappa shape index (κ2) is 12.1. The van der Waals surface area contributed by atoms with Gasteiger partial charge in [-0.15, -0.1) is 11.3 Å². The Balaban J connectivity index is 1.35. The average Bonchev–Trinajstić information content (AvgIpc) is 3.33. The molecule has 0 bridgehead atoms. The van der Waals surface area contributed by atoms with E-state index in [0.29, 0.717) is 25.8 Å². The van der Waals surface area contributed by atoms with Crippen LogP contribution >= 0.6 is 43.2 Å². The average molecular weight is 644 g/mol. The van der Waals surface area contributed by atoms with Crippen LogP contribution in [-0.4, -0.2) is 34.8 Å². The normalized spacial score (nSPS) is 10.9. The van der Waals surface area contributed by atoms with Crippen molar-refractivity contribution in [1.29, 1.82) is 0 Å². The molecule has 4 rings (SSSR count). The minimum Gasteiger partial charge on any atom is -0.480 e. The van der Waals surface area contributed by atoms with E-state index in [1.54, 1.807) is 24.3 Å². The monoisotopic (exact) mass is 642 g/mol. The van der Waals surface area contributed by atoms with Gasteiger partial charge in [-0.3, -0.25) is 4.79 Å². The Kier molecular flexibility index (Phi) is 8.70. The lowest BCUT2D eigenvalue weighted by Gasteiger charge is -2.09. The predicted molar refractivity (Wildman–Crippen MR) is 152 cm³/mol. The summed E-state index contributed by atoms with van der Waals surface area (Å²) in [7, 11) is 0. The van der Waals surface area contributed by atoms with E-state index < -0.39 is 12.6 Å². The molecule has 4 aromatic rings. The first-order chi connectivity index (χ1) is 17.8. The van der Waals surface area contributed by atoms with Crippen molar-refractivity contribution < 1.29 is 19.4 Å². The van der Waals surface area contributed by atoms with Crippen LogP contribution in [0, 0.1) is 6.92 Å². The number of halogens is 2. The first-order valence-electron chi connectivity index (χ1n) is 10.8. The number of carboxylic acid groups (broad SMARTS) is 1. The van der Waals surface area contributed by atoms with E-state index in [9.17, 15) is 9.59 Å². The molecular weight excluding hydrogens is 624 g/mol. The fraction of sp³-hybridized carbons (Fsp3) is 0.0769. The van der Waals surface area contributed by atoms with Crippen LogP contribution in [0.1, 0.15) is 21.5 Å². The summed E-state index contributed by atoms with van der Waals surface area (Å²) in [6, 6.07) is 18.6. The lowest BCUT2D eigenvalue weighted by molar-refractivity contribution is -0.139. The van der Waals surface area contributed by atoms with Crippen LogP contribution in [0.25, 0.3) is 11.3 Å². The number of carbonyl (C=O) groups excluding carboxylic acids is 1. The zero-order valence-electron chi connectivity index (χ0n) is 19.4.